The van der Waals surface area contributed by atoms with Gasteiger partial charge in [0.2, 0.25) is 6.04 Å². The Balaban J connectivity index is 2.66. The van der Waals surface area contributed by atoms with Crippen LogP contribution in [0.3, 0.4) is 0 Å². The van der Waals surface area contributed by atoms with Gasteiger partial charge in [-0.05, 0) is 19.8 Å². The van der Waals surface area contributed by atoms with Crippen molar-refractivity contribution >= 4 is 0 Å². The molecule has 0 aromatic carbocycles. The first kappa shape index (κ1) is 10.5. The number of rotatable bonds is 2. The lowest BCUT2D eigenvalue weighted by Crippen LogP contribution is -2.38. The smallest absolute Gasteiger partial charge is 0.237 e. The Kier molecular flexibility index (Phi) is 3.33. The lowest BCUT2D eigenvalue weighted by Gasteiger charge is -2.29. The maximum atomic E-state index is 7.06. The van der Waals surface area contributed by atoms with Crippen LogP contribution in [-0.4, -0.2) is 29.6 Å². The lowest BCUT2D eigenvalue weighted by molar-refractivity contribution is 0.165. The van der Waals surface area contributed by atoms with Crippen molar-refractivity contribution in [3.8, 4) is 0 Å². The third-order valence-electron chi connectivity index (χ3n) is 2.98. The molecule has 0 saturated carbocycles. The van der Waals surface area contributed by atoms with Gasteiger partial charge >= 0.3 is 0 Å². The summed E-state index contributed by atoms with van der Waals surface area (Å²) >= 11 is 0. The van der Waals surface area contributed by atoms with Gasteiger partial charge in [0.15, 0.2) is 0 Å². The van der Waals surface area contributed by atoms with Crippen LogP contribution in [0.25, 0.3) is 4.85 Å². The molecule has 1 aliphatic rings. The molecule has 0 aromatic heterocycles. The predicted octanol–water partition coefficient (Wildman–Crippen LogP) is 2.41. The van der Waals surface area contributed by atoms with Crippen LogP contribution >= 0.6 is 0 Å². The Morgan fingerprint density at radius 3 is 2.23 bits per heavy atom. The van der Waals surface area contributed by atoms with Gasteiger partial charge in [-0.3, -0.25) is 4.90 Å². The second-order valence-electron chi connectivity index (χ2n) is 4.62. The van der Waals surface area contributed by atoms with Crippen LogP contribution in [0.1, 0.15) is 34.1 Å². The molecule has 0 unspecified atom stereocenters. The summed E-state index contributed by atoms with van der Waals surface area (Å²) in [5.74, 6) is 0.675. The fourth-order valence-corrected chi connectivity index (χ4v) is 2.21. The zero-order valence-corrected chi connectivity index (χ0v) is 9.12. The summed E-state index contributed by atoms with van der Waals surface area (Å²) in [6, 6.07) is 1.45. The molecule has 13 heavy (non-hydrogen) atoms. The van der Waals surface area contributed by atoms with Gasteiger partial charge in [0.1, 0.15) is 0 Å². The first-order valence-corrected chi connectivity index (χ1v) is 5.18. The van der Waals surface area contributed by atoms with E-state index >= 15 is 0 Å². The Labute approximate surface area is 81.7 Å². The van der Waals surface area contributed by atoms with E-state index < -0.39 is 0 Å². The van der Waals surface area contributed by atoms with E-state index in [0.29, 0.717) is 18.0 Å². The summed E-state index contributed by atoms with van der Waals surface area (Å²) < 4.78 is 0. The first-order valence-electron chi connectivity index (χ1n) is 5.18. The average molecular weight is 180 g/mol. The summed E-state index contributed by atoms with van der Waals surface area (Å²) in [5, 5.41) is 0. The molecule has 2 nitrogen and oxygen atoms in total. The molecule has 0 radical (unpaired) electrons. The minimum Gasteiger partial charge on any atom is -0.312 e. The van der Waals surface area contributed by atoms with Gasteiger partial charge in [0.25, 0.3) is 0 Å². The van der Waals surface area contributed by atoms with Gasteiger partial charge in [0, 0.05) is 18.5 Å². The third kappa shape index (κ3) is 2.22. The zero-order valence-electron chi connectivity index (χ0n) is 9.12. The van der Waals surface area contributed by atoms with Gasteiger partial charge in [-0.25, -0.2) is 6.57 Å². The third-order valence-corrected chi connectivity index (χ3v) is 2.98. The van der Waals surface area contributed by atoms with Crippen LogP contribution in [0.2, 0.25) is 0 Å². The van der Waals surface area contributed by atoms with Gasteiger partial charge in [-0.1, -0.05) is 13.8 Å². The summed E-state index contributed by atoms with van der Waals surface area (Å²) in [6.07, 6.45) is 1.07. The molecule has 1 fully saturated rings. The maximum absolute atomic E-state index is 7.06. The van der Waals surface area contributed by atoms with E-state index in [-0.39, 0.29) is 6.04 Å². The molecule has 2 atom stereocenters. The minimum atomic E-state index is 0.245. The highest BCUT2D eigenvalue weighted by Gasteiger charge is 2.38. The van der Waals surface area contributed by atoms with E-state index in [1.165, 1.54) is 0 Å². The molecule has 0 N–H and O–H groups in total. The van der Waals surface area contributed by atoms with Crippen molar-refractivity contribution in [1.29, 1.82) is 0 Å². The molecule has 1 saturated heterocycles. The summed E-state index contributed by atoms with van der Waals surface area (Å²) in [5.41, 5.74) is 0. The monoisotopic (exact) mass is 180 g/mol. The van der Waals surface area contributed by atoms with Gasteiger partial charge in [-0.2, -0.15) is 0 Å². The minimum absolute atomic E-state index is 0.245. The largest absolute Gasteiger partial charge is 0.312 e. The molecule has 0 aliphatic carbocycles. The van der Waals surface area contributed by atoms with Crippen LogP contribution in [0.15, 0.2) is 0 Å². The summed E-state index contributed by atoms with van der Waals surface area (Å²) in [6.45, 7) is 17.0. The molecule has 1 aliphatic heterocycles. The van der Waals surface area contributed by atoms with E-state index in [0.717, 1.165) is 13.0 Å². The molecule has 0 amide bonds. The van der Waals surface area contributed by atoms with Crippen LogP contribution in [0.4, 0.5) is 0 Å². The van der Waals surface area contributed by atoms with Crippen molar-refractivity contribution in [2.24, 2.45) is 5.92 Å². The predicted molar refractivity (Wildman–Crippen MR) is 55.5 cm³/mol. The first-order chi connectivity index (χ1) is 6.06. The summed E-state index contributed by atoms with van der Waals surface area (Å²) in [4.78, 5) is 6.14. The van der Waals surface area contributed by atoms with Crippen molar-refractivity contribution in [1.82, 2.24) is 4.90 Å². The molecular formula is C11H20N2. The normalized spacial score (nSPS) is 29.9. The molecule has 0 aromatic rings. The van der Waals surface area contributed by atoms with E-state index in [4.69, 9.17) is 6.57 Å². The Morgan fingerprint density at radius 1 is 1.31 bits per heavy atom. The van der Waals surface area contributed by atoms with Gasteiger partial charge < -0.3 is 4.85 Å². The maximum Gasteiger partial charge on any atom is 0.237 e. The lowest BCUT2D eigenvalue weighted by atomic mass is 10.0. The highest BCUT2D eigenvalue weighted by Crippen LogP contribution is 2.27. The van der Waals surface area contributed by atoms with Crippen molar-refractivity contribution in [2.45, 2.75) is 52.2 Å². The standard InChI is InChI=1S/C11H20N2/c1-8(2)11-6-10(12-5)7-13(11)9(3)4/h8-11H,6-7H2,1-4H3/t10-,11+/m1/s1. The molecule has 2 heteroatoms. The van der Waals surface area contributed by atoms with Crippen LogP contribution in [0, 0.1) is 12.5 Å². The molecule has 74 valence electrons. The van der Waals surface area contributed by atoms with E-state index in [1.54, 1.807) is 0 Å². The molecular weight excluding hydrogens is 160 g/mol. The Bertz CT molecular complexity index is 187. The second-order valence-corrected chi connectivity index (χ2v) is 4.62. The number of hydrogen-bond acceptors (Lipinski definition) is 1. The fraction of sp³-hybridized carbons (Fsp3) is 0.909. The molecule has 1 rings (SSSR count). The van der Waals surface area contributed by atoms with Crippen LogP contribution in [-0.2, 0) is 0 Å². The molecule has 0 spiro atoms. The number of nitrogens with zero attached hydrogens (tertiary/aromatic N) is 2. The average Bonchev–Trinajstić information content (AvgIpc) is 2.47. The highest BCUT2D eigenvalue weighted by molar-refractivity contribution is 4.97. The second kappa shape index (κ2) is 4.11. The van der Waals surface area contributed by atoms with Crippen molar-refractivity contribution < 1.29 is 0 Å². The molecule has 1 heterocycles. The fourth-order valence-electron chi connectivity index (χ4n) is 2.21. The van der Waals surface area contributed by atoms with Crippen molar-refractivity contribution in [3.63, 3.8) is 0 Å². The van der Waals surface area contributed by atoms with Crippen LogP contribution in [0.5, 0.6) is 0 Å². The topological polar surface area (TPSA) is 7.60 Å². The van der Waals surface area contributed by atoms with Crippen molar-refractivity contribution in [3.05, 3.63) is 11.4 Å². The number of hydrogen-bond donors (Lipinski definition) is 0. The van der Waals surface area contributed by atoms with E-state index in [1.807, 2.05) is 0 Å². The Morgan fingerprint density at radius 2 is 1.92 bits per heavy atom. The quantitative estimate of drug-likeness (QED) is 0.592. The van der Waals surface area contributed by atoms with E-state index in [9.17, 15) is 0 Å². The van der Waals surface area contributed by atoms with Crippen molar-refractivity contribution in [2.75, 3.05) is 6.54 Å². The zero-order chi connectivity index (χ0) is 10.0. The van der Waals surface area contributed by atoms with E-state index in [2.05, 4.69) is 37.4 Å². The van der Waals surface area contributed by atoms with Gasteiger partial charge in [0.05, 0.1) is 6.54 Å². The summed E-state index contributed by atoms with van der Waals surface area (Å²) in [7, 11) is 0. The Hall–Kier alpha value is -0.550. The SMILES string of the molecule is [C-]#[N+][C@@H]1C[C@@H](C(C)C)N(C(C)C)C1. The molecule has 0 bridgehead atoms. The van der Waals surface area contributed by atoms with Crippen LogP contribution < -0.4 is 0 Å². The van der Waals surface area contributed by atoms with Gasteiger partial charge in [-0.15, -0.1) is 0 Å². The number of likely N-dealkylation sites (tertiary alicyclic amines) is 1. The highest BCUT2D eigenvalue weighted by atomic mass is 15.2.